The van der Waals surface area contributed by atoms with Crippen LogP contribution in [0.1, 0.15) is 29.0 Å². The third kappa shape index (κ3) is 4.88. The quantitative estimate of drug-likeness (QED) is 0.456. The average Bonchev–Trinajstić information content (AvgIpc) is 2.70. The molecule has 3 nitrogen and oxygen atoms in total. The lowest BCUT2D eigenvalue weighted by atomic mass is 9.89. The molecule has 0 spiro atoms. The Hall–Kier alpha value is -3.34. The first kappa shape index (κ1) is 19.4. The molecule has 0 N–H and O–H groups in total. The lowest BCUT2D eigenvalue weighted by Crippen LogP contribution is -2.18. The average molecular weight is 380 g/mol. The van der Waals surface area contributed by atoms with Crippen LogP contribution in [0.4, 0.5) is 8.78 Å². The van der Waals surface area contributed by atoms with Gasteiger partial charge in [-0.1, -0.05) is 66.7 Å². The summed E-state index contributed by atoms with van der Waals surface area (Å²) in [5.74, 6) is -3.74. The van der Waals surface area contributed by atoms with Crippen molar-refractivity contribution in [3.63, 3.8) is 0 Å². The van der Waals surface area contributed by atoms with Crippen LogP contribution in [0.3, 0.4) is 0 Å². The van der Waals surface area contributed by atoms with Gasteiger partial charge in [0.05, 0.1) is 12.8 Å². The van der Waals surface area contributed by atoms with Gasteiger partial charge in [0.15, 0.2) is 0 Å². The van der Waals surface area contributed by atoms with E-state index in [0.717, 1.165) is 23.3 Å². The number of esters is 2. The molecule has 3 rings (SSSR count). The van der Waals surface area contributed by atoms with Gasteiger partial charge in [-0.25, -0.2) is 8.78 Å². The van der Waals surface area contributed by atoms with Gasteiger partial charge in [-0.2, -0.15) is 0 Å². The van der Waals surface area contributed by atoms with E-state index in [1.54, 1.807) is 0 Å². The second-order valence-electron chi connectivity index (χ2n) is 6.30. The summed E-state index contributed by atoms with van der Waals surface area (Å²) in [6.07, 6.45) is -0.717. The van der Waals surface area contributed by atoms with Crippen LogP contribution in [0.15, 0.2) is 78.9 Å². The predicted molar refractivity (Wildman–Crippen MR) is 101 cm³/mol. The molecule has 0 radical (unpaired) electrons. The van der Waals surface area contributed by atoms with Gasteiger partial charge in [0.25, 0.3) is 0 Å². The largest absolute Gasteiger partial charge is 0.393 e. The molecule has 28 heavy (non-hydrogen) atoms. The summed E-state index contributed by atoms with van der Waals surface area (Å²) < 4.78 is 32.2. The molecule has 142 valence electrons. The van der Waals surface area contributed by atoms with E-state index in [1.165, 1.54) is 6.07 Å². The van der Waals surface area contributed by atoms with E-state index in [0.29, 0.717) is 0 Å². The molecule has 0 heterocycles. The van der Waals surface area contributed by atoms with E-state index in [9.17, 15) is 18.4 Å². The van der Waals surface area contributed by atoms with Crippen molar-refractivity contribution in [3.8, 4) is 0 Å². The van der Waals surface area contributed by atoms with Crippen molar-refractivity contribution in [1.82, 2.24) is 0 Å². The van der Waals surface area contributed by atoms with Gasteiger partial charge < -0.3 is 4.74 Å². The second kappa shape index (κ2) is 9.04. The van der Waals surface area contributed by atoms with Crippen molar-refractivity contribution in [3.05, 3.63) is 107 Å². The predicted octanol–water partition coefficient (Wildman–Crippen LogP) is 4.80. The minimum Gasteiger partial charge on any atom is -0.393 e. The van der Waals surface area contributed by atoms with Gasteiger partial charge >= 0.3 is 11.9 Å². The molecule has 0 aliphatic carbocycles. The number of ether oxygens (including phenoxy) is 1. The van der Waals surface area contributed by atoms with Crippen LogP contribution in [0, 0.1) is 11.6 Å². The smallest absolute Gasteiger partial charge is 0.318 e. The zero-order valence-electron chi connectivity index (χ0n) is 15.0. The number of benzene rings is 3. The van der Waals surface area contributed by atoms with Crippen molar-refractivity contribution < 1.29 is 23.1 Å². The summed E-state index contributed by atoms with van der Waals surface area (Å²) in [6, 6.07) is 22.1. The fraction of sp³-hybridized carbons (Fsp3) is 0.130. The standard InChI is InChI=1S/C23H18F2O3/c24-20-12-7-13-21(25)19(20)15-23(27)28-22(26)14-18(16-8-3-1-4-9-16)17-10-5-2-6-11-17/h1-13,18H,14-15H2. The topological polar surface area (TPSA) is 43.4 Å². The molecule has 0 saturated carbocycles. The summed E-state index contributed by atoms with van der Waals surface area (Å²) in [7, 11) is 0. The number of carbonyl (C=O) groups excluding carboxylic acids is 2. The number of hydrogen-bond acceptors (Lipinski definition) is 3. The molecular weight excluding hydrogens is 362 g/mol. The first-order valence-electron chi connectivity index (χ1n) is 8.81. The Morgan fingerprint density at radius 2 is 1.21 bits per heavy atom. The van der Waals surface area contributed by atoms with Crippen LogP contribution in [0.25, 0.3) is 0 Å². The highest BCUT2D eigenvalue weighted by Gasteiger charge is 2.22. The number of halogens is 2. The van der Waals surface area contributed by atoms with Crippen molar-refractivity contribution in [2.24, 2.45) is 0 Å². The number of carbonyl (C=O) groups is 2. The SMILES string of the molecule is O=C(Cc1c(F)cccc1F)OC(=O)CC(c1ccccc1)c1ccccc1. The van der Waals surface area contributed by atoms with E-state index < -0.39 is 35.6 Å². The van der Waals surface area contributed by atoms with Crippen LogP contribution >= 0.6 is 0 Å². The zero-order valence-corrected chi connectivity index (χ0v) is 15.0. The molecule has 0 fully saturated rings. The van der Waals surface area contributed by atoms with Crippen LogP contribution < -0.4 is 0 Å². The maximum absolute atomic E-state index is 13.7. The molecule has 0 atom stereocenters. The van der Waals surface area contributed by atoms with E-state index in [4.69, 9.17) is 4.74 Å². The third-order valence-electron chi connectivity index (χ3n) is 4.39. The Morgan fingerprint density at radius 3 is 1.71 bits per heavy atom. The lowest BCUT2D eigenvalue weighted by Gasteiger charge is -2.17. The summed E-state index contributed by atoms with van der Waals surface area (Å²) in [4.78, 5) is 24.3. The molecule has 0 saturated heterocycles. The Morgan fingerprint density at radius 1 is 0.714 bits per heavy atom. The zero-order chi connectivity index (χ0) is 19.9. The van der Waals surface area contributed by atoms with Gasteiger partial charge in [-0.05, 0) is 23.3 Å². The van der Waals surface area contributed by atoms with Crippen molar-refractivity contribution in [2.45, 2.75) is 18.8 Å². The van der Waals surface area contributed by atoms with Gasteiger partial charge in [0, 0.05) is 11.5 Å². The third-order valence-corrected chi connectivity index (χ3v) is 4.39. The summed E-state index contributed by atoms with van der Waals surface area (Å²) in [6.45, 7) is 0. The van der Waals surface area contributed by atoms with Crippen LogP contribution in [-0.4, -0.2) is 11.9 Å². The normalized spacial score (nSPS) is 10.7. The molecule has 5 heteroatoms. The van der Waals surface area contributed by atoms with Gasteiger partial charge in [-0.3, -0.25) is 9.59 Å². The van der Waals surface area contributed by atoms with E-state index >= 15 is 0 Å². The summed E-state index contributed by atoms with van der Waals surface area (Å²) in [5, 5.41) is 0. The fourth-order valence-electron chi connectivity index (χ4n) is 3.02. The van der Waals surface area contributed by atoms with Crippen LogP contribution in [-0.2, 0) is 20.7 Å². The Kier molecular flexibility index (Phi) is 6.27. The first-order valence-corrected chi connectivity index (χ1v) is 8.81. The molecule has 3 aromatic carbocycles. The van der Waals surface area contributed by atoms with Crippen LogP contribution in [0.2, 0.25) is 0 Å². The second-order valence-corrected chi connectivity index (χ2v) is 6.30. The lowest BCUT2D eigenvalue weighted by molar-refractivity contribution is -0.159. The molecule has 0 aliphatic rings. The fourth-order valence-corrected chi connectivity index (χ4v) is 3.02. The first-order chi connectivity index (χ1) is 13.5. The number of hydrogen-bond donors (Lipinski definition) is 0. The van der Waals surface area contributed by atoms with Crippen molar-refractivity contribution in [2.75, 3.05) is 0 Å². The molecule has 0 aromatic heterocycles. The van der Waals surface area contributed by atoms with Gasteiger partial charge in [-0.15, -0.1) is 0 Å². The van der Waals surface area contributed by atoms with E-state index in [-0.39, 0.29) is 12.3 Å². The molecule has 0 amide bonds. The minimum atomic E-state index is -0.992. The van der Waals surface area contributed by atoms with E-state index in [2.05, 4.69) is 0 Å². The molecule has 0 bridgehead atoms. The highest BCUT2D eigenvalue weighted by Crippen LogP contribution is 2.28. The van der Waals surface area contributed by atoms with Crippen molar-refractivity contribution >= 4 is 11.9 Å². The Bertz CT molecular complexity index is 896. The number of rotatable bonds is 6. The summed E-state index contributed by atoms with van der Waals surface area (Å²) >= 11 is 0. The molecule has 3 aromatic rings. The Labute approximate surface area is 161 Å². The van der Waals surface area contributed by atoms with E-state index in [1.807, 2.05) is 60.7 Å². The molecule has 0 aliphatic heterocycles. The summed E-state index contributed by atoms with van der Waals surface area (Å²) in [5.41, 5.74) is 1.39. The maximum Gasteiger partial charge on any atom is 0.318 e. The van der Waals surface area contributed by atoms with Gasteiger partial charge in [0.2, 0.25) is 0 Å². The molecule has 0 unspecified atom stereocenters. The highest BCUT2D eigenvalue weighted by atomic mass is 19.1. The minimum absolute atomic E-state index is 0.0699. The van der Waals surface area contributed by atoms with Gasteiger partial charge in [0.1, 0.15) is 11.6 Å². The monoisotopic (exact) mass is 380 g/mol. The van der Waals surface area contributed by atoms with Crippen LogP contribution in [0.5, 0.6) is 0 Å². The maximum atomic E-state index is 13.7. The molecular formula is C23H18F2O3. The van der Waals surface area contributed by atoms with Crippen molar-refractivity contribution in [1.29, 1.82) is 0 Å². The highest BCUT2D eigenvalue weighted by molar-refractivity contribution is 5.87. The Balaban J connectivity index is 1.71.